The quantitative estimate of drug-likeness (QED) is 0.742. The van der Waals surface area contributed by atoms with Crippen LogP contribution in [0.2, 0.25) is 0 Å². The van der Waals surface area contributed by atoms with Crippen molar-refractivity contribution in [2.24, 2.45) is 0 Å². The zero-order valence-electron chi connectivity index (χ0n) is 14.6. The standard InChI is InChI=1S/C21H20N4O/c1-16-6-5-9-18(12-16)20(26)15-25(14-17-7-3-2-4-8-17)21-11-10-19(13-22)23-24-21/h2-12,20,26H,14-15H2,1H3. The smallest absolute Gasteiger partial charge is 0.163 e. The zero-order chi connectivity index (χ0) is 18.4. The van der Waals surface area contributed by atoms with Crippen molar-refractivity contribution in [2.75, 3.05) is 11.4 Å². The summed E-state index contributed by atoms with van der Waals surface area (Å²) in [6.07, 6.45) is -0.656. The predicted octanol–water partition coefficient (Wildman–Crippen LogP) is 3.40. The minimum atomic E-state index is -0.656. The van der Waals surface area contributed by atoms with Crippen molar-refractivity contribution in [2.45, 2.75) is 19.6 Å². The van der Waals surface area contributed by atoms with E-state index in [1.54, 1.807) is 12.1 Å². The van der Waals surface area contributed by atoms with Crippen molar-refractivity contribution in [1.82, 2.24) is 10.2 Å². The maximum absolute atomic E-state index is 10.7. The van der Waals surface area contributed by atoms with Gasteiger partial charge in [0.25, 0.3) is 0 Å². The number of benzene rings is 2. The normalized spacial score (nSPS) is 11.6. The van der Waals surface area contributed by atoms with Gasteiger partial charge in [-0.15, -0.1) is 10.2 Å². The highest BCUT2D eigenvalue weighted by atomic mass is 16.3. The van der Waals surface area contributed by atoms with Crippen LogP contribution in [0.25, 0.3) is 0 Å². The lowest BCUT2D eigenvalue weighted by molar-refractivity contribution is 0.182. The van der Waals surface area contributed by atoms with E-state index in [1.807, 2.05) is 72.5 Å². The van der Waals surface area contributed by atoms with E-state index in [-0.39, 0.29) is 5.69 Å². The van der Waals surface area contributed by atoms with Gasteiger partial charge in [0.05, 0.1) is 6.10 Å². The lowest BCUT2D eigenvalue weighted by Crippen LogP contribution is -2.29. The van der Waals surface area contributed by atoms with Crippen molar-refractivity contribution in [1.29, 1.82) is 5.26 Å². The van der Waals surface area contributed by atoms with Crippen LogP contribution in [0.4, 0.5) is 5.82 Å². The molecule has 0 bridgehead atoms. The Hall–Kier alpha value is -3.23. The summed E-state index contributed by atoms with van der Waals surface area (Å²) in [5.41, 5.74) is 3.35. The van der Waals surface area contributed by atoms with E-state index in [2.05, 4.69) is 10.2 Å². The number of hydrogen-bond acceptors (Lipinski definition) is 5. The van der Waals surface area contributed by atoms with Gasteiger partial charge in [0, 0.05) is 13.1 Å². The first-order chi connectivity index (χ1) is 12.7. The fourth-order valence-electron chi connectivity index (χ4n) is 2.79. The molecule has 5 nitrogen and oxygen atoms in total. The van der Waals surface area contributed by atoms with Crippen molar-refractivity contribution < 1.29 is 5.11 Å². The molecule has 1 unspecified atom stereocenters. The van der Waals surface area contributed by atoms with Crippen LogP contribution in [0.15, 0.2) is 66.7 Å². The molecule has 26 heavy (non-hydrogen) atoms. The van der Waals surface area contributed by atoms with Crippen LogP contribution in [0, 0.1) is 18.3 Å². The molecule has 0 radical (unpaired) electrons. The fraction of sp³-hybridized carbons (Fsp3) is 0.190. The van der Waals surface area contributed by atoms with Crippen LogP contribution in [-0.2, 0) is 6.54 Å². The molecule has 0 amide bonds. The second-order valence-corrected chi connectivity index (χ2v) is 6.18. The number of nitrogens with zero attached hydrogens (tertiary/aromatic N) is 4. The molecule has 3 rings (SSSR count). The zero-order valence-corrected chi connectivity index (χ0v) is 14.6. The van der Waals surface area contributed by atoms with E-state index in [4.69, 9.17) is 5.26 Å². The highest BCUT2D eigenvalue weighted by Gasteiger charge is 2.16. The maximum atomic E-state index is 10.7. The SMILES string of the molecule is Cc1cccc(C(O)CN(Cc2ccccc2)c2ccc(C#N)nn2)c1. The van der Waals surface area contributed by atoms with Crippen LogP contribution in [-0.4, -0.2) is 21.8 Å². The Balaban J connectivity index is 1.85. The first kappa shape index (κ1) is 17.6. The first-order valence-corrected chi connectivity index (χ1v) is 8.43. The minimum Gasteiger partial charge on any atom is -0.387 e. The number of rotatable bonds is 6. The molecule has 1 aromatic heterocycles. The number of nitriles is 1. The van der Waals surface area contributed by atoms with Gasteiger partial charge in [-0.2, -0.15) is 5.26 Å². The number of hydrogen-bond donors (Lipinski definition) is 1. The summed E-state index contributed by atoms with van der Waals surface area (Å²) >= 11 is 0. The van der Waals surface area contributed by atoms with Gasteiger partial charge >= 0.3 is 0 Å². The third kappa shape index (κ3) is 4.44. The van der Waals surface area contributed by atoms with E-state index >= 15 is 0 Å². The number of anilines is 1. The van der Waals surface area contributed by atoms with Crippen LogP contribution in [0.1, 0.15) is 28.5 Å². The summed E-state index contributed by atoms with van der Waals surface area (Å²) in [4.78, 5) is 1.97. The molecule has 0 aliphatic heterocycles. The van der Waals surface area contributed by atoms with E-state index in [1.165, 1.54) is 0 Å². The second kappa shape index (κ2) is 8.24. The van der Waals surface area contributed by atoms with Crippen molar-refractivity contribution in [3.05, 3.63) is 89.1 Å². The van der Waals surface area contributed by atoms with Crippen LogP contribution in [0.3, 0.4) is 0 Å². The highest BCUT2D eigenvalue weighted by molar-refractivity contribution is 5.41. The average Bonchev–Trinajstić information content (AvgIpc) is 2.68. The summed E-state index contributed by atoms with van der Waals surface area (Å²) < 4.78 is 0. The first-order valence-electron chi connectivity index (χ1n) is 8.43. The Morgan fingerprint density at radius 2 is 1.85 bits per heavy atom. The lowest BCUT2D eigenvalue weighted by Gasteiger charge is -2.26. The Kier molecular flexibility index (Phi) is 5.57. The molecule has 0 aliphatic carbocycles. The largest absolute Gasteiger partial charge is 0.387 e. The summed E-state index contributed by atoms with van der Waals surface area (Å²) in [5, 5.41) is 27.7. The topological polar surface area (TPSA) is 73.0 Å². The van der Waals surface area contributed by atoms with Gasteiger partial charge in [-0.1, -0.05) is 60.2 Å². The Labute approximate surface area is 153 Å². The Morgan fingerprint density at radius 1 is 1.04 bits per heavy atom. The van der Waals surface area contributed by atoms with Crippen LogP contribution in [0.5, 0.6) is 0 Å². The molecule has 5 heteroatoms. The van der Waals surface area contributed by atoms with Gasteiger partial charge in [0.2, 0.25) is 0 Å². The Morgan fingerprint density at radius 3 is 2.50 bits per heavy atom. The van der Waals surface area contributed by atoms with E-state index in [0.717, 1.165) is 16.7 Å². The molecule has 0 saturated carbocycles. The molecule has 3 aromatic rings. The van der Waals surface area contributed by atoms with Gasteiger partial charge in [0.1, 0.15) is 6.07 Å². The molecule has 1 heterocycles. The summed E-state index contributed by atoms with van der Waals surface area (Å²) in [7, 11) is 0. The molecular weight excluding hydrogens is 324 g/mol. The van der Waals surface area contributed by atoms with Crippen molar-refractivity contribution >= 4 is 5.82 Å². The molecular formula is C21H20N4O. The van der Waals surface area contributed by atoms with Crippen LogP contribution >= 0.6 is 0 Å². The van der Waals surface area contributed by atoms with Crippen LogP contribution < -0.4 is 4.90 Å². The highest BCUT2D eigenvalue weighted by Crippen LogP contribution is 2.21. The summed E-state index contributed by atoms with van der Waals surface area (Å²) in [6, 6.07) is 23.2. The van der Waals surface area contributed by atoms with E-state index in [9.17, 15) is 5.11 Å². The fourth-order valence-corrected chi connectivity index (χ4v) is 2.79. The molecule has 130 valence electrons. The number of aliphatic hydroxyl groups is 1. The van der Waals surface area contributed by atoms with Gasteiger partial charge in [0.15, 0.2) is 11.5 Å². The summed E-state index contributed by atoms with van der Waals surface area (Å²) in [5.74, 6) is 0.625. The molecule has 0 aliphatic rings. The van der Waals surface area contributed by atoms with Gasteiger partial charge in [-0.3, -0.25) is 0 Å². The average molecular weight is 344 g/mol. The number of aliphatic hydroxyl groups excluding tert-OH is 1. The van der Waals surface area contributed by atoms with E-state index in [0.29, 0.717) is 18.9 Å². The summed E-state index contributed by atoms with van der Waals surface area (Å²) in [6.45, 7) is 2.97. The maximum Gasteiger partial charge on any atom is 0.163 e. The molecule has 2 aromatic carbocycles. The molecule has 0 fully saturated rings. The van der Waals surface area contributed by atoms with E-state index < -0.39 is 6.10 Å². The monoisotopic (exact) mass is 344 g/mol. The van der Waals surface area contributed by atoms with Gasteiger partial charge in [-0.05, 0) is 30.2 Å². The Bertz CT molecular complexity index is 888. The third-order valence-electron chi connectivity index (χ3n) is 4.13. The lowest BCUT2D eigenvalue weighted by atomic mass is 10.1. The van der Waals surface area contributed by atoms with Crippen molar-refractivity contribution in [3.8, 4) is 6.07 Å². The molecule has 0 spiro atoms. The second-order valence-electron chi connectivity index (χ2n) is 6.18. The molecule has 1 N–H and O–H groups in total. The van der Waals surface area contributed by atoms with Crippen molar-refractivity contribution in [3.63, 3.8) is 0 Å². The molecule has 0 saturated heterocycles. The molecule has 1 atom stereocenters. The minimum absolute atomic E-state index is 0.271. The third-order valence-corrected chi connectivity index (χ3v) is 4.13. The predicted molar refractivity (Wildman–Crippen MR) is 100 cm³/mol. The number of aryl methyl sites for hydroxylation is 1. The number of aromatic nitrogens is 2. The van der Waals surface area contributed by atoms with Gasteiger partial charge < -0.3 is 10.0 Å². The van der Waals surface area contributed by atoms with Gasteiger partial charge in [-0.25, -0.2) is 0 Å².